The lowest BCUT2D eigenvalue weighted by Crippen LogP contribution is -2.15. The third kappa shape index (κ3) is 7.54. The van der Waals surface area contributed by atoms with Gasteiger partial charge in [-0.25, -0.2) is 0 Å². The Morgan fingerprint density at radius 3 is 1.62 bits per heavy atom. The van der Waals surface area contributed by atoms with E-state index >= 15 is 0 Å². The maximum absolute atomic E-state index is 6.21. The summed E-state index contributed by atoms with van der Waals surface area (Å²) in [5.41, 5.74) is 0. The highest BCUT2D eigenvalue weighted by molar-refractivity contribution is 7.70. The highest BCUT2D eigenvalue weighted by atomic mass is 31.3. The summed E-state index contributed by atoms with van der Waals surface area (Å²) in [4.78, 5) is 3.19. The number of hydrogen-bond acceptors (Lipinski definition) is 7. The SMILES string of the molecule is COP(N=P(NP(OC)Oc1ccccc1)(OC)Oc1ccccc1)Oc1ccccc1. The first kappa shape index (κ1) is 24.6. The van der Waals surface area contributed by atoms with Crippen molar-refractivity contribution in [2.75, 3.05) is 21.3 Å². The molecule has 0 heterocycles. The van der Waals surface area contributed by atoms with Gasteiger partial charge in [-0.2, -0.15) is 0 Å². The number of hydrogen-bond donors (Lipinski definition) is 1. The van der Waals surface area contributed by atoms with Crippen LogP contribution in [0.3, 0.4) is 0 Å². The molecular formula is C21H25N2O6P3. The second-order valence-corrected chi connectivity index (χ2v) is 11.2. The molecule has 0 radical (unpaired) electrons. The molecule has 0 aliphatic heterocycles. The van der Waals surface area contributed by atoms with Gasteiger partial charge in [0.1, 0.15) is 17.2 Å². The van der Waals surface area contributed by atoms with Crippen LogP contribution in [0.1, 0.15) is 0 Å². The molecule has 0 fully saturated rings. The quantitative estimate of drug-likeness (QED) is 0.268. The molecule has 0 spiro atoms. The van der Waals surface area contributed by atoms with Gasteiger partial charge in [0.25, 0.3) is 0 Å². The Balaban J connectivity index is 1.92. The third-order valence-corrected chi connectivity index (χ3v) is 9.33. The molecule has 0 aliphatic rings. The fourth-order valence-corrected chi connectivity index (χ4v) is 7.55. The van der Waals surface area contributed by atoms with Crippen molar-refractivity contribution in [3.05, 3.63) is 91.0 Å². The fourth-order valence-electron chi connectivity index (χ4n) is 2.34. The lowest BCUT2D eigenvalue weighted by Gasteiger charge is -2.27. The van der Waals surface area contributed by atoms with E-state index in [4.69, 9.17) is 31.7 Å². The first-order chi connectivity index (χ1) is 15.7. The monoisotopic (exact) mass is 494 g/mol. The Labute approximate surface area is 191 Å². The van der Waals surface area contributed by atoms with Gasteiger partial charge in [0.2, 0.25) is 0 Å². The molecule has 11 heteroatoms. The second kappa shape index (κ2) is 12.9. The summed E-state index contributed by atoms with van der Waals surface area (Å²) >= 11 is 0. The predicted molar refractivity (Wildman–Crippen MR) is 129 cm³/mol. The lowest BCUT2D eigenvalue weighted by molar-refractivity contribution is 0.358. The van der Waals surface area contributed by atoms with Gasteiger partial charge in [0.15, 0.2) is 0 Å². The first-order valence-electron chi connectivity index (χ1n) is 9.51. The summed E-state index contributed by atoms with van der Waals surface area (Å²) in [6.07, 6.45) is 0. The summed E-state index contributed by atoms with van der Waals surface area (Å²) in [5.74, 6) is 1.82. The van der Waals surface area contributed by atoms with Crippen LogP contribution < -0.4 is 18.4 Å². The fraction of sp³-hybridized carbons (Fsp3) is 0.143. The van der Waals surface area contributed by atoms with E-state index in [-0.39, 0.29) is 0 Å². The van der Waals surface area contributed by atoms with Gasteiger partial charge in [-0.15, -0.1) is 9.37 Å². The maximum atomic E-state index is 6.21. The molecule has 3 rings (SSSR count). The van der Waals surface area contributed by atoms with Crippen LogP contribution in [0.2, 0.25) is 0 Å². The molecule has 1 N–H and O–H groups in total. The average Bonchev–Trinajstić information content (AvgIpc) is 2.85. The minimum Gasteiger partial charge on any atom is -0.436 e. The second-order valence-electron chi connectivity index (χ2n) is 5.97. The van der Waals surface area contributed by atoms with Crippen molar-refractivity contribution >= 4 is 24.7 Å². The third-order valence-electron chi connectivity index (χ3n) is 3.80. The van der Waals surface area contributed by atoms with Crippen molar-refractivity contribution in [3.63, 3.8) is 0 Å². The first-order valence-corrected chi connectivity index (χ1v) is 13.4. The molecule has 32 heavy (non-hydrogen) atoms. The zero-order valence-corrected chi connectivity index (χ0v) is 20.6. The lowest BCUT2D eigenvalue weighted by atomic mass is 10.3. The topological polar surface area (TPSA) is 79.8 Å². The Hall–Kier alpha value is -2.01. The van der Waals surface area contributed by atoms with Gasteiger partial charge in [0.05, 0.1) is 0 Å². The standard InChI is InChI=1S/C21H25N2O6P3/c1-24-30(27-19-13-7-4-8-14-19)22-32(26-3,29-21-17-11-6-12-18-21)23-31(25-2)28-20-15-9-5-10-16-20/h4-18,22H,1-3H3. The van der Waals surface area contributed by atoms with Gasteiger partial charge >= 0.3 is 24.7 Å². The van der Waals surface area contributed by atoms with Crippen LogP contribution in [0, 0.1) is 0 Å². The minimum absolute atomic E-state index is 0.565. The summed E-state index contributed by atoms with van der Waals surface area (Å²) in [5, 5.41) is 0. The molecule has 3 aromatic carbocycles. The van der Waals surface area contributed by atoms with Crippen LogP contribution >= 0.6 is 24.7 Å². The van der Waals surface area contributed by atoms with Gasteiger partial charge in [0, 0.05) is 21.3 Å². The van der Waals surface area contributed by atoms with Crippen LogP contribution in [0.25, 0.3) is 0 Å². The van der Waals surface area contributed by atoms with E-state index in [1.165, 1.54) is 21.3 Å². The number of benzene rings is 3. The molecular weight excluding hydrogens is 469 g/mol. The van der Waals surface area contributed by atoms with E-state index in [1.54, 1.807) is 0 Å². The molecule has 3 aromatic rings. The van der Waals surface area contributed by atoms with E-state index in [0.717, 1.165) is 0 Å². The number of para-hydroxylation sites is 3. The van der Waals surface area contributed by atoms with Crippen LogP contribution in [0.4, 0.5) is 0 Å². The summed E-state index contributed by atoms with van der Waals surface area (Å²) in [6.45, 7) is 0. The Kier molecular flexibility index (Phi) is 9.91. The Morgan fingerprint density at radius 2 is 1.16 bits per heavy atom. The van der Waals surface area contributed by atoms with Crippen molar-refractivity contribution in [3.8, 4) is 17.2 Å². The predicted octanol–water partition coefficient (Wildman–Crippen LogP) is 7.15. The highest BCUT2D eigenvalue weighted by Crippen LogP contribution is 2.61. The minimum atomic E-state index is -3.19. The molecule has 170 valence electrons. The molecule has 0 saturated carbocycles. The van der Waals surface area contributed by atoms with Gasteiger partial charge in [-0.3, -0.25) is 0 Å². The van der Waals surface area contributed by atoms with E-state index in [0.29, 0.717) is 17.2 Å². The summed E-state index contributed by atoms with van der Waals surface area (Å²) in [7, 11) is -2.05. The van der Waals surface area contributed by atoms with E-state index < -0.39 is 24.7 Å². The number of rotatable bonds is 12. The smallest absolute Gasteiger partial charge is 0.377 e. The normalized spacial score (nSPS) is 14.6. The molecule has 0 aliphatic carbocycles. The Bertz CT molecular complexity index is 983. The zero-order valence-electron chi connectivity index (χ0n) is 17.9. The van der Waals surface area contributed by atoms with Crippen LogP contribution in [0.5, 0.6) is 17.2 Å². The molecule has 8 nitrogen and oxygen atoms in total. The largest absolute Gasteiger partial charge is 0.436 e. The van der Waals surface area contributed by atoms with Crippen molar-refractivity contribution < 1.29 is 27.1 Å². The molecule has 3 unspecified atom stereocenters. The van der Waals surface area contributed by atoms with E-state index in [2.05, 4.69) is 4.86 Å². The summed E-state index contributed by atoms with van der Waals surface area (Å²) in [6, 6.07) is 27.8. The molecule has 0 bridgehead atoms. The van der Waals surface area contributed by atoms with E-state index in [1.807, 2.05) is 91.0 Å². The summed E-state index contributed by atoms with van der Waals surface area (Å²) < 4.78 is 39.7. The van der Waals surface area contributed by atoms with Crippen molar-refractivity contribution in [2.45, 2.75) is 0 Å². The van der Waals surface area contributed by atoms with E-state index in [9.17, 15) is 0 Å². The molecule has 0 aromatic heterocycles. The van der Waals surface area contributed by atoms with Gasteiger partial charge < -0.3 is 27.1 Å². The average molecular weight is 494 g/mol. The van der Waals surface area contributed by atoms with Gasteiger partial charge in [-0.1, -0.05) is 54.6 Å². The van der Waals surface area contributed by atoms with Crippen molar-refractivity contribution in [2.24, 2.45) is 4.52 Å². The van der Waals surface area contributed by atoms with Crippen molar-refractivity contribution in [1.82, 2.24) is 4.86 Å². The van der Waals surface area contributed by atoms with Crippen molar-refractivity contribution in [1.29, 1.82) is 0 Å². The molecule has 0 saturated heterocycles. The molecule has 0 amide bonds. The Morgan fingerprint density at radius 1 is 0.656 bits per heavy atom. The number of nitrogens with one attached hydrogen (secondary N) is 1. The van der Waals surface area contributed by atoms with Gasteiger partial charge in [-0.05, 0) is 36.4 Å². The highest BCUT2D eigenvalue weighted by Gasteiger charge is 2.32. The molecule has 3 atom stereocenters. The maximum Gasteiger partial charge on any atom is 0.377 e. The number of nitrogens with zero attached hydrogens (tertiary/aromatic N) is 1. The zero-order chi connectivity index (χ0) is 22.7. The van der Waals surface area contributed by atoms with Crippen LogP contribution in [-0.4, -0.2) is 21.3 Å². The van der Waals surface area contributed by atoms with Crippen LogP contribution in [-0.2, 0) is 13.6 Å². The van der Waals surface area contributed by atoms with Crippen LogP contribution in [0.15, 0.2) is 95.5 Å².